The number of carbonyl (C=O) groups is 1. The highest BCUT2D eigenvalue weighted by Gasteiger charge is 2.39. The van der Waals surface area contributed by atoms with Crippen molar-refractivity contribution >= 4 is 23.3 Å². The zero-order chi connectivity index (χ0) is 24.1. The van der Waals surface area contributed by atoms with Crippen LogP contribution in [-0.2, 0) is 18.0 Å². The van der Waals surface area contributed by atoms with Gasteiger partial charge in [0.1, 0.15) is 10.8 Å². The van der Waals surface area contributed by atoms with Gasteiger partial charge in [-0.05, 0) is 18.9 Å². The van der Waals surface area contributed by atoms with Crippen LogP contribution in [0.1, 0.15) is 44.7 Å². The lowest BCUT2D eigenvalue weighted by Gasteiger charge is -2.15. The van der Waals surface area contributed by atoms with Crippen molar-refractivity contribution in [1.82, 2.24) is 9.78 Å². The minimum Gasteiger partial charge on any atom is -0.479 e. The van der Waals surface area contributed by atoms with E-state index in [1.54, 1.807) is 0 Å². The fraction of sp³-hybridized carbons (Fsp3) is 0.474. The van der Waals surface area contributed by atoms with E-state index in [-0.39, 0.29) is 12.2 Å². The number of aliphatic carboxylic acids is 1. The van der Waals surface area contributed by atoms with Gasteiger partial charge >= 0.3 is 17.8 Å². The average Bonchev–Trinajstić information content (AvgIpc) is 2.97. The first kappa shape index (κ1) is 25.2. The molecule has 32 heavy (non-hydrogen) atoms. The van der Waals surface area contributed by atoms with Gasteiger partial charge in [0.25, 0.3) is 5.88 Å². The SMILES string of the molecule is CCCCCCC(Oc1cc(Oc2nn(C)c(C(F)(F)F)c2Cl)ccc1[N+](=O)[O-])C(=O)O. The van der Waals surface area contributed by atoms with Crippen molar-refractivity contribution in [2.45, 2.75) is 51.3 Å². The van der Waals surface area contributed by atoms with Crippen molar-refractivity contribution in [3.8, 4) is 17.4 Å². The summed E-state index contributed by atoms with van der Waals surface area (Å²) in [7, 11) is 1.03. The van der Waals surface area contributed by atoms with Gasteiger partial charge in [-0.1, -0.05) is 37.8 Å². The van der Waals surface area contributed by atoms with Gasteiger partial charge in [0.05, 0.1) is 4.92 Å². The third-order valence-electron chi connectivity index (χ3n) is 4.44. The van der Waals surface area contributed by atoms with E-state index < -0.39 is 51.2 Å². The van der Waals surface area contributed by atoms with E-state index in [4.69, 9.17) is 21.1 Å². The van der Waals surface area contributed by atoms with Crippen LogP contribution in [0, 0.1) is 10.1 Å². The summed E-state index contributed by atoms with van der Waals surface area (Å²) < 4.78 is 50.4. The second kappa shape index (κ2) is 10.5. The van der Waals surface area contributed by atoms with E-state index in [2.05, 4.69) is 5.10 Å². The van der Waals surface area contributed by atoms with E-state index in [0.717, 1.165) is 44.5 Å². The molecule has 0 saturated carbocycles. The summed E-state index contributed by atoms with van der Waals surface area (Å²) in [5, 5.41) is 23.5. The predicted octanol–water partition coefficient (Wildman–Crippen LogP) is 5.60. The number of rotatable bonds is 11. The first-order valence-electron chi connectivity index (χ1n) is 9.61. The van der Waals surface area contributed by atoms with Gasteiger partial charge in [-0.3, -0.25) is 14.8 Å². The van der Waals surface area contributed by atoms with Crippen LogP contribution in [-0.4, -0.2) is 31.9 Å². The Morgan fingerprint density at radius 2 is 2.03 bits per heavy atom. The number of unbranched alkanes of at least 4 members (excludes halogenated alkanes) is 3. The molecule has 0 aliphatic carbocycles. The zero-order valence-corrected chi connectivity index (χ0v) is 17.9. The number of ether oxygens (including phenoxy) is 2. The molecular formula is C19H21ClF3N3O6. The normalized spacial score (nSPS) is 12.4. The average molecular weight is 480 g/mol. The molecule has 0 spiro atoms. The Balaban J connectivity index is 2.32. The fourth-order valence-electron chi connectivity index (χ4n) is 2.90. The third kappa shape index (κ3) is 6.25. The van der Waals surface area contributed by atoms with Crippen LogP contribution in [0.15, 0.2) is 18.2 Å². The molecule has 1 heterocycles. The Morgan fingerprint density at radius 1 is 1.34 bits per heavy atom. The van der Waals surface area contributed by atoms with Crippen LogP contribution in [0.5, 0.6) is 17.4 Å². The molecule has 0 saturated heterocycles. The third-order valence-corrected chi connectivity index (χ3v) is 4.78. The smallest absolute Gasteiger partial charge is 0.434 e. The Kier molecular flexibility index (Phi) is 8.31. The molecule has 176 valence electrons. The predicted molar refractivity (Wildman–Crippen MR) is 107 cm³/mol. The van der Waals surface area contributed by atoms with E-state index in [9.17, 15) is 33.2 Å². The van der Waals surface area contributed by atoms with Gasteiger partial charge in [0.15, 0.2) is 11.8 Å². The highest BCUT2D eigenvalue weighted by molar-refractivity contribution is 6.32. The number of carboxylic acid groups (broad SMARTS) is 1. The zero-order valence-electron chi connectivity index (χ0n) is 17.2. The molecule has 0 aliphatic rings. The lowest BCUT2D eigenvalue weighted by Crippen LogP contribution is -2.27. The number of aromatic nitrogens is 2. The van der Waals surface area contributed by atoms with E-state index >= 15 is 0 Å². The van der Waals surface area contributed by atoms with Crippen LogP contribution in [0.25, 0.3) is 0 Å². The molecule has 13 heteroatoms. The molecule has 1 unspecified atom stereocenters. The lowest BCUT2D eigenvalue weighted by molar-refractivity contribution is -0.386. The molecule has 1 N–H and O–H groups in total. The van der Waals surface area contributed by atoms with Crippen molar-refractivity contribution < 1.29 is 37.5 Å². The van der Waals surface area contributed by atoms with Gasteiger partial charge in [-0.25, -0.2) is 4.79 Å². The number of benzene rings is 1. The van der Waals surface area contributed by atoms with Gasteiger partial charge in [0, 0.05) is 19.2 Å². The number of halogens is 4. The van der Waals surface area contributed by atoms with Gasteiger partial charge in [-0.15, -0.1) is 5.10 Å². The number of nitro groups is 1. The highest BCUT2D eigenvalue weighted by Crippen LogP contribution is 2.41. The van der Waals surface area contributed by atoms with Crippen molar-refractivity contribution in [3.63, 3.8) is 0 Å². The lowest BCUT2D eigenvalue weighted by atomic mass is 10.1. The summed E-state index contributed by atoms with van der Waals surface area (Å²) in [6.07, 6.45) is -2.85. The van der Waals surface area contributed by atoms with E-state index in [1.807, 2.05) is 6.92 Å². The second-order valence-electron chi connectivity index (χ2n) is 6.87. The summed E-state index contributed by atoms with van der Waals surface area (Å²) in [6, 6.07) is 3.11. The first-order chi connectivity index (χ1) is 15.0. The standard InChI is InChI=1S/C19H21ClF3N3O6/c1-3-4-5-6-7-13(18(27)28)32-14-10-11(8-9-12(14)26(29)30)31-17-15(20)16(19(21,22)23)25(2)24-17/h8-10,13H,3-7H2,1-2H3,(H,27,28). The van der Waals surface area contributed by atoms with Crippen LogP contribution < -0.4 is 9.47 Å². The molecule has 2 aromatic rings. The molecule has 1 atom stereocenters. The number of hydrogen-bond donors (Lipinski definition) is 1. The number of alkyl halides is 3. The Labute approximate surface area is 185 Å². The number of aryl methyl sites for hydroxylation is 1. The highest BCUT2D eigenvalue weighted by atomic mass is 35.5. The Bertz CT molecular complexity index is 980. The molecule has 9 nitrogen and oxygen atoms in total. The largest absolute Gasteiger partial charge is 0.479 e. The molecule has 0 bridgehead atoms. The van der Waals surface area contributed by atoms with Crippen molar-refractivity contribution in [2.24, 2.45) is 7.05 Å². The van der Waals surface area contributed by atoms with Crippen LogP contribution in [0.4, 0.5) is 18.9 Å². The molecule has 0 aliphatic heterocycles. The van der Waals surface area contributed by atoms with Crippen molar-refractivity contribution in [1.29, 1.82) is 0 Å². The summed E-state index contributed by atoms with van der Waals surface area (Å²) in [5.74, 6) is -2.45. The maximum absolute atomic E-state index is 13.1. The molecule has 0 fully saturated rings. The number of nitrogens with zero attached hydrogens (tertiary/aromatic N) is 3. The Hall–Kier alpha value is -3.02. The summed E-state index contributed by atoms with van der Waals surface area (Å²) in [4.78, 5) is 22.1. The number of hydrogen-bond acceptors (Lipinski definition) is 6. The van der Waals surface area contributed by atoms with Crippen molar-refractivity contribution in [2.75, 3.05) is 0 Å². The van der Waals surface area contributed by atoms with Crippen LogP contribution >= 0.6 is 11.6 Å². The first-order valence-corrected chi connectivity index (χ1v) is 9.98. The fourth-order valence-corrected chi connectivity index (χ4v) is 3.21. The molecular weight excluding hydrogens is 459 g/mol. The van der Waals surface area contributed by atoms with Gasteiger partial charge in [0.2, 0.25) is 5.75 Å². The molecule has 2 rings (SSSR count). The number of nitro benzene ring substituents is 1. The summed E-state index contributed by atoms with van der Waals surface area (Å²) >= 11 is 5.75. The molecule has 0 amide bonds. The van der Waals surface area contributed by atoms with Crippen molar-refractivity contribution in [3.05, 3.63) is 39.0 Å². The van der Waals surface area contributed by atoms with Crippen LogP contribution in [0.2, 0.25) is 5.02 Å². The number of carboxylic acids is 1. The quantitative estimate of drug-likeness (QED) is 0.253. The van der Waals surface area contributed by atoms with Crippen LogP contribution in [0.3, 0.4) is 0 Å². The van der Waals surface area contributed by atoms with E-state index in [1.165, 1.54) is 0 Å². The molecule has 0 radical (unpaired) electrons. The second-order valence-corrected chi connectivity index (χ2v) is 7.25. The minimum atomic E-state index is -4.78. The van der Waals surface area contributed by atoms with Gasteiger partial charge < -0.3 is 14.6 Å². The molecule has 1 aromatic heterocycles. The van der Waals surface area contributed by atoms with E-state index in [0.29, 0.717) is 11.1 Å². The Morgan fingerprint density at radius 3 is 2.56 bits per heavy atom. The summed E-state index contributed by atoms with van der Waals surface area (Å²) in [5.41, 5.74) is -1.76. The minimum absolute atomic E-state index is 0.124. The summed E-state index contributed by atoms with van der Waals surface area (Å²) in [6.45, 7) is 1.99. The maximum atomic E-state index is 13.1. The maximum Gasteiger partial charge on any atom is 0.434 e. The van der Waals surface area contributed by atoms with Gasteiger partial charge in [-0.2, -0.15) is 13.2 Å². The monoisotopic (exact) mass is 479 g/mol. The topological polar surface area (TPSA) is 117 Å². The molecule has 1 aromatic carbocycles.